The molecule has 0 radical (unpaired) electrons. The van der Waals surface area contributed by atoms with Crippen LogP contribution in [0.15, 0.2) is 59.8 Å². The molecule has 1 fully saturated rings. The van der Waals surface area contributed by atoms with E-state index >= 15 is 0 Å². The van der Waals surface area contributed by atoms with Crippen LogP contribution in [0.5, 0.6) is 0 Å². The molecule has 1 N–H and O–H groups in total. The Hall–Kier alpha value is -2.86. The number of carbonyl (C=O) groups excluding carboxylic acids is 1. The summed E-state index contributed by atoms with van der Waals surface area (Å²) in [6.45, 7) is 4.41. The third-order valence-corrected chi connectivity index (χ3v) is 5.49. The Balaban J connectivity index is 1.29. The number of ether oxygens (including phenoxy) is 1. The third-order valence-electron chi connectivity index (χ3n) is 5.49. The quantitative estimate of drug-likeness (QED) is 0.862. The number of nitrogens with zero attached hydrogens (tertiary/aromatic N) is 2. The summed E-state index contributed by atoms with van der Waals surface area (Å²) in [6, 6.07) is 18.8. The van der Waals surface area contributed by atoms with Crippen molar-refractivity contribution in [2.24, 2.45) is 5.16 Å². The molecule has 2 heterocycles. The van der Waals surface area contributed by atoms with E-state index in [4.69, 9.17) is 9.57 Å². The lowest BCUT2D eigenvalue weighted by Crippen LogP contribution is -2.47. The minimum atomic E-state index is -0.138. The Morgan fingerprint density at radius 2 is 1.79 bits per heavy atom. The molecule has 0 unspecified atom stereocenters. The van der Waals surface area contributed by atoms with Gasteiger partial charge in [0.05, 0.1) is 18.9 Å². The number of hydrogen-bond donors (Lipinski definition) is 1. The van der Waals surface area contributed by atoms with Gasteiger partial charge in [0, 0.05) is 25.6 Å². The highest BCUT2D eigenvalue weighted by molar-refractivity contribution is 6.01. The number of carbonyl (C=O) groups is 1. The molecule has 152 valence electrons. The summed E-state index contributed by atoms with van der Waals surface area (Å²) in [5.74, 6) is 0. The van der Waals surface area contributed by atoms with Crippen LogP contribution in [0, 0.1) is 0 Å². The highest BCUT2D eigenvalue weighted by atomic mass is 16.6. The highest BCUT2D eigenvalue weighted by Gasteiger charge is 2.26. The molecular formula is C23H27N3O3. The summed E-state index contributed by atoms with van der Waals surface area (Å²) in [6.07, 6.45) is 1.41. The van der Waals surface area contributed by atoms with Crippen LogP contribution >= 0.6 is 0 Å². The Kier molecular flexibility index (Phi) is 6.10. The maximum absolute atomic E-state index is 12.5. The zero-order chi connectivity index (χ0) is 20.1. The topological polar surface area (TPSA) is 63.2 Å². The Morgan fingerprint density at radius 3 is 2.59 bits per heavy atom. The maximum atomic E-state index is 12.5. The standard InChI is InChI=1S/C23H27N3O3/c1-17-11-13-28-14-12-26(17)23(27)24-16-21-15-22(25-29-21)20-9-7-19(8-10-20)18-5-3-2-4-6-18/h2-10,17,21H,11-16H2,1H3,(H,24,27)/t17-,21-/m1/s1. The minimum absolute atomic E-state index is 0.0627. The second kappa shape index (κ2) is 9.09. The summed E-state index contributed by atoms with van der Waals surface area (Å²) in [7, 11) is 0. The number of nitrogens with one attached hydrogen (secondary N) is 1. The molecule has 0 bridgehead atoms. The fourth-order valence-corrected chi connectivity index (χ4v) is 3.69. The van der Waals surface area contributed by atoms with E-state index in [0.29, 0.717) is 32.7 Å². The lowest BCUT2D eigenvalue weighted by molar-refractivity contribution is 0.0839. The molecule has 2 amide bonds. The second-order valence-corrected chi connectivity index (χ2v) is 7.54. The van der Waals surface area contributed by atoms with Gasteiger partial charge in [-0.05, 0) is 30.0 Å². The van der Waals surface area contributed by atoms with Gasteiger partial charge < -0.3 is 19.8 Å². The van der Waals surface area contributed by atoms with Crippen LogP contribution in [0.4, 0.5) is 4.79 Å². The van der Waals surface area contributed by atoms with Crippen molar-refractivity contribution in [1.82, 2.24) is 10.2 Å². The van der Waals surface area contributed by atoms with Crippen molar-refractivity contribution in [2.75, 3.05) is 26.3 Å². The van der Waals surface area contributed by atoms with Crippen LogP contribution < -0.4 is 5.32 Å². The van der Waals surface area contributed by atoms with E-state index in [2.05, 4.69) is 53.8 Å². The number of urea groups is 1. The van der Waals surface area contributed by atoms with Crippen LogP contribution in [-0.4, -0.2) is 55.1 Å². The van der Waals surface area contributed by atoms with Crippen molar-refractivity contribution < 1.29 is 14.4 Å². The number of benzene rings is 2. The lowest BCUT2D eigenvalue weighted by Gasteiger charge is -2.27. The van der Waals surface area contributed by atoms with Gasteiger partial charge in [0.15, 0.2) is 6.10 Å². The molecule has 4 rings (SSSR count). The van der Waals surface area contributed by atoms with Crippen LogP contribution in [0.25, 0.3) is 11.1 Å². The first-order valence-electron chi connectivity index (χ1n) is 10.2. The molecule has 1 saturated heterocycles. The lowest BCUT2D eigenvalue weighted by atomic mass is 10.0. The van der Waals surface area contributed by atoms with Crippen molar-refractivity contribution in [3.05, 3.63) is 60.2 Å². The van der Waals surface area contributed by atoms with E-state index in [0.717, 1.165) is 17.7 Å². The molecule has 6 nitrogen and oxygen atoms in total. The van der Waals surface area contributed by atoms with Crippen LogP contribution in [0.3, 0.4) is 0 Å². The van der Waals surface area contributed by atoms with Crippen LogP contribution in [0.2, 0.25) is 0 Å². The summed E-state index contributed by atoms with van der Waals surface area (Å²) >= 11 is 0. The predicted octanol–water partition coefficient (Wildman–Crippen LogP) is 3.67. The van der Waals surface area contributed by atoms with Gasteiger partial charge in [-0.25, -0.2) is 4.79 Å². The van der Waals surface area contributed by atoms with Gasteiger partial charge in [0.25, 0.3) is 0 Å². The summed E-state index contributed by atoms with van der Waals surface area (Å²) in [5, 5.41) is 7.23. The van der Waals surface area contributed by atoms with E-state index in [-0.39, 0.29) is 18.2 Å². The monoisotopic (exact) mass is 393 g/mol. The molecule has 2 aliphatic heterocycles. The van der Waals surface area contributed by atoms with Crippen LogP contribution in [-0.2, 0) is 9.57 Å². The zero-order valence-electron chi connectivity index (χ0n) is 16.7. The summed E-state index contributed by atoms with van der Waals surface area (Å²) < 4.78 is 5.46. The molecule has 2 aromatic carbocycles. The molecule has 6 heteroatoms. The molecule has 0 saturated carbocycles. The van der Waals surface area contributed by atoms with E-state index in [1.807, 2.05) is 23.1 Å². The molecule has 2 aromatic rings. The van der Waals surface area contributed by atoms with Crippen LogP contribution in [0.1, 0.15) is 25.3 Å². The molecular weight excluding hydrogens is 366 g/mol. The zero-order valence-corrected chi connectivity index (χ0v) is 16.7. The first-order chi connectivity index (χ1) is 14.2. The normalized spacial score (nSPS) is 21.8. The number of rotatable bonds is 4. The largest absolute Gasteiger partial charge is 0.390 e. The predicted molar refractivity (Wildman–Crippen MR) is 113 cm³/mol. The van der Waals surface area contributed by atoms with E-state index in [9.17, 15) is 4.79 Å². The van der Waals surface area contributed by atoms with Crippen molar-refractivity contribution in [3.63, 3.8) is 0 Å². The SMILES string of the molecule is C[C@@H]1CCOCCN1C(=O)NC[C@H]1CC(c2ccc(-c3ccccc3)cc2)=NO1. The molecule has 2 atom stereocenters. The molecule has 0 aromatic heterocycles. The van der Waals surface area contributed by atoms with Crippen molar-refractivity contribution >= 4 is 11.7 Å². The number of amides is 2. The van der Waals surface area contributed by atoms with Gasteiger partial charge in [-0.2, -0.15) is 0 Å². The van der Waals surface area contributed by atoms with Gasteiger partial charge >= 0.3 is 6.03 Å². The van der Waals surface area contributed by atoms with Gasteiger partial charge in [-0.3, -0.25) is 0 Å². The second-order valence-electron chi connectivity index (χ2n) is 7.54. The van der Waals surface area contributed by atoms with Gasteiger partial charge in [0.2, 0.25) is 0 Å². The molecule has 2 aliphatic rings. The Labute approximate surface area is 171 Å². The van der Waals surface area contributed by atoms with Gasteiger partial charge in [-0.1, -0.05) is 59.8 Å². The fourth-order valence-electron chi connectivity index (χ4n) is 3.69. The van der Waals surface area contributed by atoms with E-state index in [1.165, 1.54) is 11.1 Å². The maximum Gasteiger partial charge on any atom is 0.317 e. The highest BCUT2D eigenvalue weighted by Crippen LogP contribution is 2.22. The first-order valence-corrected chi connectivity index (χ1v) is 10.2. The van der Waals surface area contributed by atoms with Crippen molar-refractivity contribution in [2.45, 2.75) is 31.9 Å². The summed E-state index contributed by atoms with van der Waals surface area (Å²) in [5.41, 5.74) is 4.34. The summed E-state index contributed by atoms with van der Waals surface area (Å²) in [4.78, 5) is 19.9. The van der Waals surface area contributed by atoms with E-state index in [1.54, 1.807) is 0 Å². The first kappa shape index (κ1) is 19.5. The average molecular weight is 393 g/mol. The Bertz CT molecular complexity index is 851. The molecule has 29 heavy (non-hydrogen) atoms. The third kappa shape index (κ3) is 4.77. The minimum Gasteiger partial charge on any atom is -0.390 e. The molecule has 0 aliphatic carbocycles. The van der Waals surface area contributed by atoms with Gasteiger partial charge in [0.1, 0.15) is 0 Å². The van der Waals surface area contributed by atoms with E-state index < -0.39 is 0 Å². The fraction of sp³-hybridized carbons (Fsp3) is 0.391. The Morgan fingerprint density at radius 1 is 1.07 bits per heavy atom. The average Bonchev–Trinajstić information content (AvgIpc) is 3.14. The van der Waals surface area contributed by atoms with Crippen molar-refractivity contribution in [3.8, 4) is 11.1 Å². The number of hydrogen-bond acceptors (Lipinski definition) is 4. The van der Waals surface area contributed by atoms with Crippen molar-refractivity contribution in [1.29, 1.82) is 0 Å². The smallest absolute Gasteiger partial charge is 0.317 e. The number of oxime groups is 1. The molecule has 0 spiro atoms. The van der Waals surface area contributed by atoms with Gasteiger partial charge in [-0.15, -0.1) is 0 Å².